The Hall–Kier alpha value is -3.22. The van der Waals surface area contributed by atoms with Crippen LogP contribution in [0.15, 0.2) is 18.2 Å². The first-order chi connectivity index (χ1) is 17.5. The lowest BCUT2D eigenvalue weighted by molar-refractivity contribution is -0.140. The maximum absolute atomic E-state index is 13.0. The zero-order chi connectivity index (χ0) is 26.9. The van der Waals surface area contributed by atoms with Crippen LogP contribution in [0.3, 0.4) is 0 Å². The average Bonchev–Trinajstić information content (AvgIpc) is 3.51. The lowest BCUT2D eigenvalue weighted by atomic mass is 9.93. The number of halogens is 1. The SMILES string of the molecule is C[C@@H]1C[C@@H](C[C@H](NC(O)c2cc(Cl)ccc2NC(=O)[C@@H]2CN(C)C(=O)O2)C(=O)C(=O)NC2CC2)C(=O)N1. The predicted molar refractivity (Wildman–Crippen MR) is 131 cm³/mol. The number of aliphatic hydroxyl groups is 1. The number of anilines is 1. The summed E-state index contributed by atoms with van der Waals surface area (Å²) in [6, 6.07) is 3.06. The van der Waals surface area contributed by atoms with Crippen molar-refractivity contribution in [3.05, 3.63) is 28.8 Å². The van der Waals surface area contributed by atoms with Crippen LogP contribution in [0.25, 0.3) is 0 Å². The topological polar surface area (TPSA) is 166 Å². The van der Waals surface area contributed by atoms with Crippen molar-refractivity contribution >= 4 is 46.9 Å². The Morgan fingerprint density at radius 1 is 1.27 bits per heavy atom. The Kier molecular flexibility index (Phi) is 8.00. The van der Waals surface area contributed by atoms with Crippen LogP contribution in [0.5, 0.6) is 0 Å². The van der Waals surface area contributed by atoms with Gasteiger partial charge in [0, 0.05) is 41.3 Å². The molecule has 0 bridgehead atoms. The molecule has 200 valence electrons. The molecule has 1 aromatic rings. The fourth-order valence-corrected chi connectivity index (χ4v) is 4.59. The first-order valence-electron chi connectivity index (χ1n) is 12.1. The minimum absolute atomic E-state index is 0.00320. The molecule has 1 aliphatic carbocycles. The summed E-state index contributed by atoms with van der Waals surface area (Å²) in [6.07, 6.45) is -1.15. The molecular weight excluding hydrogens is 506 g/mol. The van der Waals surface area contributed by atoms with Crippen molar-refractivity contribution in [1.29, 1.82) is 0 Å². The second-order valence-corrected chi connectivity index (χ2v) is 10.2. The van der Waals surface area contributed by atoms with Crippen molar-refractivity contribution in [3.8, 4) is 0 Å². The number of cyclic esters (lactones) is 1. The lowest BCUT2D eigenvalue weighted by Crippen LogP contribution is -2.48. The largest absolute Gasteiger partial charge is 0.434 e. The van der Waals surface area contributed by atoms with Crippen LogP contribution in [0, 0.1) is 5.92 Å². The van der Waals surface area contributed by atoms with E-state index < -0.39 is 48.0 Å². The third-order valence-corrected chi connectivity index (χ3v) is 6.82. The molecule has 2 heterocycles. The van der Waals surface area contributed by atoms with E-state index in [4.69, 9.17) is 16.3 Å². The number of nitrogens with one attached hydrogen (secondary N) is 4. The number of hydrogen-bond donors (Lipinski definition) is 5. The summed E-state index contributed by atoms with van der Waals surface area (Å²) in [6.45, 7) is 1.90. The number of carbonyl (C=O) groups excluding carboxylic acids is 5. The number of ketones is 1. The third-order valence-electron chi connectivity index (χ3n) is 6.58. The third kappa shape index (κ3) is 6.56. The van der Waals surface area contributed by atoms with Gasteiger partial charge in [-0.05, 0) is 50.8 Å². The Morgan fingerprint density at radius 3 is 2.59 bits per heavy atom. The summed E-state index contributed by atoms with van der Waals surface area (Å²) in [4.78, 5) is 63.5. The fourth-order valence-electron chi connectivity index (χ4n) is 4.41. The van der Waals surface area contributed by atoms with E-state index in [2.05, 4.69) is 21.3 Å². The maximum atomic E-state index is 13.0. The Bertz CT molecular complexity index is 1110. The predicted octanol–water partition coefficient (Wildman–Crippen LogP) is 0.441. The van der Waals surface area contributed by atoms with Gasteiger partial charge in [0.05, 0.1) is 12.6 Å². The standard InChI is InChI=1S/C24H30ClN5O7/c1-11-7-12(20(32)26-11)8-17(19(31)23(35)27-14-4-5-14)29-21(33)15-9-13(25)3-6-16(15)28-22(34)18-10-30(2)24(36)37-18/h3,6,9,11-12,14,17-18,21,29,33H,4-5,7-8,10H2,1-2H3,(H,26,32)(H,27,35)(H,28,34)/t11-,12+,17+,18+,21?/m1/s1. The first kappa shape index (κ1) is 26.8. The van der Waals surface area contributed by atoms with E-state index in [1.165, 1.54) is 30.1 Å². The fraction of sp³-hybridized carbons (Fsp3) is 0.542. The van der Waals surface area contributed by atoms with Gasteiger partial charge in [-0.3, -0.25) is 24.5 Å². The maximum Gasteiger partial charge on any atom is 0.410 e. The van der Waals surface area contributed by atoms with E-state index >= 15 is 0 Å². The number of rotatable bonds is 10. The quantitative estimate of drug-likeness (QED) is 0.212. The molecule has 0 aromatic heterocycles. The highest BCUT2D eigenvalue weighted by Gasteiger charge is 2.38. The number of ether oxygens (including phenoxy) is 1. The van der Waals surface area contributed by atoms with Gasteiger partial charge < -0.3 is 30.7 Å². The zero-order valence-corrected chi connectivity index (χ0v) is 21.2. The summed E-state index contributed by atoms with van der Waals surface area (Å²) in [5, 5.41) is 22.1. The molecule has 2 saturated heterocycles. The monoisotopic (exact) mass is 535 g/mol. The Labute approximate surface area is 218 Å². The van der Waals surface area contributed by atoms with Crippen molar-refractivity contribution in [3.63, 3.8) is 0 Å². The molecule has 2 aliphatic heterocycles. The van der Waals surface area contributed by atoms with E-state index in [-0.39, 0.29) is 47.2 Å². The van der Waals surface area contributed by atoms with Crippen LogP contribution in [0.1, 0.15) is 44.4 Å². The number of Topliss-reactive ketones (excluding diaryl/α,β-unsaturated/α-hetero) is 1. The highest BCUT2D eigenvalue weighted by Crippen LogP contribution is 2.28. The van der Waals surface area contributed by atoms with Crippen LogP contribution in [-0.2, 0) is 23.9 Å². The number of hydrogen-bond acceptors (Lipinski definition) is 8. The number of likely N-dealkylation sites (N-methyl/N-ethyl adjacent to an activating group) is 1. The van der Waals surface area contributed by atoms with Gasteiger partial charge in [0.1, 0.15) is 6.23 Å². The summed E-state index contributed by atoms with van der Waals surface area (Å²) in [7, 11) is 1.50. The van der Waals surface area contributed by atoms with Crippen molar-refractivity contribution < 1.29 is 33.8 Å². The first-order valence-corrected chi connectivity index (χ1v) is 12.5. The number of amides is 4. The number of nitrogens with zero attached hydrogens (tertiary/aromatic N) is 1. The smallest absolute Gasteiger partial charge is 0.410 e. The van der Waals surface area contributed by atoms with Crippen molar-refractivity contribution in [2.24, 2.45) is 5.92 Å². The molecule has 3 fully saturated rings. The van der Waals surface area contributed by atoms with Gasteiger partial charge in [0.15, 0.2) is 6.10 Å². The van der Waals surface area contributed by atoms with Crippen LogP contribution in [-0.4, -0.2) is 77.4 Å². The van der Waals surface area contributed by atoms with Gasteiger partial charge in [0.2, 0.25) is 11.7 Å². The van der Waals surface area contributed by atoms with Crippen LogP contribution in [0.2, 0.25) is 5.02 Å². The second-order valence-electron chi connectivity index (χ2n) is 9.79. The van der Waals surface area contributed by atoms with E-state index in [1.807, 2.05) is 6.92 Å². The van der Waals surface area contributed by atoms with Crippen molar-refractivity contribution in [2.45, 2.75) is 63.1 Å². The molecule has 13 heteroatoms. The Morgan fingerprint density at radius 2 is 2.00 bits per heavy atom. The normalized spacial score (nSPS) is 24.8. The van der Waals surface area contributed by atoms with E-state index in [0.29, 0.717) is 6.42 Å². The molecule has 1 unspecified atom stereocenters. The average molecular weight is 536 g/mol. The van der Waals surface area contributed by atoms with Gasteiger partial charge in [-0.15, -0.1) is 0 Å². The number of carbonyl (C=O) groups is 5. The molecule has 5 N–H and O–H groups in total. The Balaban J connectivity index is 1.52. The van der Waals surface area contributed by atoms with E-state index in [1.54, 1.807) is 0 Å². The molecule has 4 rings (SSSR count). The van der Waals surface area contributed by atoms with Crippen LogP contribution < -0.4 is 21.3 Å². The molecule has 0 radical (unpaired) electrons. The van der Waals surface area contributed by atoms with Crippen molar-refractivity contribution in [2.75, 3.05) is 18.9 Å². The van der Waals surface area contributed by atoms with E-state index in [0.717, 1.165) is 12.8 Å². The van der Waals surface area contributed by atoms with Gasteiger partial charge in [-0.1, -0.05) is 11.6 Å². The van der Waals surface area contributed by atoms with E-state index in [9.17, 15) is 29.1 Å². The zero-order valence-electron chi connectivity index (χ0n) is 20.5. The van der Waals surface area contributed by atoms with Gasteiger partial charge in [-0.2, -0.15) is 0 Å². The molecule has 1 aromatic carbocycles. The van der Waals surface area contributed by atoms with Gasteiger partial charge >= 0.3 is 6.09 Å². The molecule has 3 aliphatic rings. The lowest BCUT2D eigenvalue weighted by Gasteiger charge is -2.25. The molecular formula is C24H30ClN5O7. The van der Waals surface area contributed by atoms with Gasteiger partial charge in [-0.25, -0.2) is 4.79 Å². The number of aliphatic hydroxyl groups excluding tert-OH is 1. The minimum Gasteiger partial charge on any atom is -0.434 e. The van der Waals surface area contributed by atoms with Crippen LogP contribution >= 0.6 is 11.6 Å². The van der Waals surface area contributed by atoms with Gasteiger partial charge in [0.25, 0.3) is 11.8 Å². The molecule has 1 saturated carbocycles. The van der Waals surface area contributed by atoms with Crippen molar-refractivity contribution in [1.82, 2.24) is 20.9 Å². The highest BCUT2D eigenvalue weighted by molar-refractivity contribution is 6.38. The molecule has 37 heavy (non-hydrogen) atoms. The summed E-state index contributed by atoms with van der Waals surface area (Å²) in [5.74, 6) is -2.94. The molecule has 12 nitrogen and oxygen atoms in total. The summed E-state index contributed by atoms with van der Waals surface area (Å²) < 4.78 is 5.03. The molecule has 0 spiro atoms. The molecule has 5 atom stereocenters. The molecule has 4 amide bonds. The number of benzene rings is 1. The summed E-state index contributed by atoms with van der Waals surface area (Å²) >= 11 is 6.14. The van der Waals surface area contributed by atoms with Crippen LogP contribution in [0.4, 0.5) is 10.5 Å². The highest BCUT2D eigenvalue weighted by atomic mass is 35.5. The second kappa shape index (κ2) is 11.0. The summed E-state index contributed by atoms with van der Waals surface area (Å²) in [5.41, 5.74) is 0.295. The minimum atomic E-state index is -1.53.